The molecule has 0 spiro atoms. The molecule has 2 heteroatoms. The summed E-state index contributed by atoms with van der Waals surface area (Å²) in [4.78, 5) is 12.2. The van der Waals surface area contributed by atoms with Crippen LogP contribution >= 0.6 is 11.8 Å². The topological polar surface area (TPSA) is 17.1 Å². The molecule has 1 aliphatic rings. The molecule has 0 saturated heterocycles. The molecule has 0 heterocycles. The third-order valence-electron chi connectivity index (χ3n) is 4.41. The molecule has 1 rings (SSSR count). The molecule has 0 atom stereocenters. The molecule has 0 N–H and O–H groups in total. The lowest BCUT2D eigenvalue weighted by Gasteiger charge is -2.34. The van der Waals surface area contributed by atoms with Crippen molar-refractivity contribution in [2.24, 2.45) is 0 Å². The molecular formula is C18H32OS. The van der Waals surface area contributed by atoms with Gasteiger partial charge in [0.1, 0.15) is 0 Å². The molecule has 1 fully saturated rings. The molecule has 0 aliphatic heterocycles. The monoisotopic (exact) mass is 296 g/mol. The van der Waals surface area contributed by atoms with Crippen molar-refractivity contribution < 1.29 is 4.79 Å². The maximum absolute atomic E-state index is 12.2. The summed E-state index contributed by atoms with van der Waals surface area (Å²) in [6.45, 7) is 7.94. The summed E-state index contributed by atoms with van der Waals surface area (Å²) < 4.78 is 0.212. The molecule has 0 bridgehead atoms. The minimum Gasteiger partial charge on any atom is -0.282 e. The Kier molecular flexibility index (Phi) is 8.60. The third-order valence-corrected chi connectivity index (χ3v) is 5.99. The summed E-state index contributed by atoms with van der Waals surface area (Å²) in [6.07, 6.45) is 15.5. The van der Waals surface area contributed by atoms with Crippen LogP contribution < -0.4 is 0 Å². The minimum absolute atomic E-state index is 0.212. The van der Waals surface area contributed by atoms with Crippen LogP contribution in [0, 0.1) is 0 Å². The molecule has 116 valence electrons. The maximum Gasteiger partial charge on any atom is 0.214 e. The summed E-state index contributed by atoms with van der Waals surface area (Å²) in [5, 5.41) is 0.223. The lowest BCUT2D eigenvalue weighted by molar-refractivity contribution is -0.107. The second kappa shape index (κ2) is 9.65. The molecule has 0 radical (unpaired) electrons. The van der Waals surface area contributed by atoms with Gasteiger partial charge < -0.3 is 0 Å². The van der Waals surface area contributed by atoms with Crippen LogP contribution in [0.1, 0.15) is 90.9 Å². The second-order valence-electron chi connectivity index (χ2n) is 6.43. The number of thioether (sulfide) groups is 1. The van der Waals surface area contributed by atoms with E-state index in [4.69, 9.17) is 0 Å². The normalized spacial score (nSPS) is 19.1. The molecule has 1 aliphatic carbocycles. The highest BCUT2D eigenvalue weighted by atomic mass is 32.2. The zero-order valence-corrected chi connectivity index (χ0v) is 14.3. The first-order valence-electron chi connectivity index (χ1n) is 8.48. The van der Waals surface area contributed by atoms with Gasteiger partial charge >= 0.3 is 0 Å². The molecule has 0 aromatic heterocycles. The number of unbranched alkanes of at least 4 members (excludes halogenated alkanes) is 3. The summed E-state index contributed by atoms with van der Waals surface area (Å²) in [7, 11) is 0. The summed E-state index contributed by atoms with van der Waals surface area (Å²) in [5.41, 5.74) is 0.713. The average molecular weight is 297 g/mol. The Hall–Kier alpha value is -0.240. The molecule has 0 unspecified atom stereocenters. The highest BCUT2D eigenvalue weighted by Crippen LogP contribution is 2.43. The Morgan fingerprint density at radius 3 is 2.20 bits per heavy atom. The highest BCUT2D eigenvalue weighted by Gasteiger charge is 2.33. The van der Waals surface area contributed by atoms with Gasteiger partial charge in [0.2, 0.25) is 5.12 Å². The van der Waals surface area contributed by atoms with Gasteiger partial charge in [0.15, 0.2) is 0 Å². The van der Waals surface area contributed by atoms with Gasteiger partial charge in [-0.15, -0.1) is 0 Å². The van der Waals surface area contributed by atoms with Crippen LogP contribution in [0.15, 0.2) is 12.2 Å². The lowest BCUT2D eigenvalue weighted by Crippen LogP contribution is -2.28. The number of hydrogen-bond donors (Lipinski definition) is 0. The second-order valence-corrected chi connectivity index (χ2v) is 7.87. The predicted octanol–water partition coefficient (Wildman–Crippen LogP) is 6.28. The first kappa shape index (κ1) is 17.8. The number of carbonyl (C=O) groups excluding carboxylic acids is 1. The molecule has 0 aromatic rings. The van der Waals surface area contributed by atoms with Crippen molar-refractivity contribution in [3.8, 4) is 0 Å². The number of hydrogen-bond acceptors (Lipinski definition) is 2. The van der Waals surface area contributed by atoms with Gasteiger partial charge in [-0.3, -0.25) is 4.79 Å². The van der Waals surface area contributed by atoms with Crippen LogP contribution in [-0.2, 0) is 4.79 Å². The summed E-state index contributed by atoms with van der Waals surface area (Å²) in [5.74, 6) is 0. The number of carbonyl (C=O) groups is 1. The fourth-order valence-electron chi connectivity index (χ4n) is 3.11. The summed E-state index contributed by atoms with van der Waals surface area (Å²) in [6, 6.07) is 0. The summed E-state index contributed by atoms with van der Waals surface area (Å²) >= 11 is 1.62. The maximum atomic E-state index is 12.2. The van der Waals surface area contributed by atoms with Crippen molar-refractivity contribution >= 4 is 16.9 Å². The van der Waals surface area contributed by atoms with Gasteiger partial charge in [-0.25, -0.2) is 0 Å². The lowest BCUT2D eigenvalue weighted by atomic mass is 9.86. The van der Waals surface area contributed by atoms with Crippen LogP contribution in [0.25, 0.3) is 0 Å². The predicted molar refractivity (Wildman–Crippen MR) is 91.2 cm³/mol. The van der Waals surface area contributed by atoms with E-state index >= 15 is 0 Å². The molecule has 1 nitrogen and oxygen atoms in total. The minimum atomic E-state index is 0.212. The van der Waals surface area contributed by atoms with E-state index in [2.05, 4.69) is 13.5 Å². The Balaban J connectivity index is 2.63. The molecular weight excluding hydrogens is 264 g/mol. The Labute approximate surface area is 130 Å². The van der Waals surface area contributed by atoms with Crippen molar-refractivity contribution in [1.82, 2.24) is 0 Å². The van der Waals surface area contributed by atoms with Crippen LogP contribution in [0.4, 0.5) is 0 Å². The first-order valence-corrected chi connectivity index (χ1v) is 9.30. The zero-order valence-electron chi connectivity index (χ0n) is 13.5. The smallest absolute Gasteiger partial charge is 0.214 e. The van der Waals surface area contributed by atoms with Gasteiger partial charge in [0, 0.05) is 4.75 Å². The van der Waals surface area contributed by atoms with E-state index in [0.29, 0.717) is 5.57 Å². The number of rotatable bonds is 7. The van der Waals surface area contributed by atoms with E-state index in [1.165, 1.54) is 77.0 Å². The Bertz CT molecular complexity index is 301. The third kappa shape index (κ3) is 6.47. The van der Waals surface area contributed by atoms with Crippen LogP contribution in [0.5, 0.6) is 0 Å². The SMILES string of the molecule is C=C(C)C(=O)SC1(CCCCCC)CCCCCCC1. The van der Waals surface area contributed by atoms with Crippen LogP contribution in [0.2, 0.25) is 0 Å². The van der Waals surface area contributed by atoms with Crippen molar-refractivity contribution in [2.45, 2.75) is 95.6 Å². The van der Waals surface area contributed by atoms with Crippen molar-refractivity contribution in [1.29, 1.82) is 0 Å². The van der Waals surface area contributed by atoms with E-state index in [1.807, 2.05) is 6.92 Å². The van der Waals surface area contributed by atoms with Gasteiger partial charge in [-0.1, -0.05) is 83.1 Å². The van der Waals surface area contributed by atoms with Gasteiger partial charge in [0.05, 0.1) is 0 Å². The van der Waals surface area contributed by atoms with Crippen molar-refractivity contribution in [3.05, 3.63) is 12.2 Å². The molecule has 20 heavy (non-hydrogen) atoms. The fraction of sp³-hybridized carbons (Fsp3) is 0.833. The van der Waals surface area contributed by atoms with Gasteiger partial charge in [0.25, 0.3) is 0 Å². The van der Waals surface area contributed by atoms with Gasteiger partial charge in [-0.05, 0) is 31.8 Å². The van der Waals surface area contributed by atoms with E-state index in [9.17, 15) is 4.79 Å². The van der Waals surface area contributed by atoms with E-state index in [-0.39, 0.29) is 9.86 Å². The van der Waals surface area contributed by atoms with Crippen LogP contribution in [0.3, 0.4) is 0 Å². The average Bonchev–Trinajstić information content (AvgIpc) is 2.39. The quantitative estimate of drug-likeness (QED) is 0.406. The molecule has 1 saturated carbocycles. The Morgan fingerprint density at radius 2 is 1.65 bits per heavy atom. The van der Waals surface area contributed by atoms with Crippen molar-refractivity contribution in [3.63, 3.8) is 0 Å². The van der Waals surface area contributed by atoms with Crippen molar-refractivity contribution in [2.75, 3.05) is 0 Å². The first-order chi connectivity index (χ1) is 9.59. The standard InChI is InChI=1S/C18H32OS/c1-4-5-6-10-13-18(20-17(19)16(2)3)14-11-8-7-9-12-15-18/h2,4-15H2,1,3H3. The Morgan fingerprint density at radius 1 is 1.05 bits per heavy atom. The highest BCUT2D eigenvalue weighted by molar-refractivity contribution is 8.15. The molecule has 0 amide bonds. The van der Waals surface area contributed by atoms with E-state index < -0.39 is 0 Å². The van der Waals surface area contributed by atoms with Gasteiger partial charge in [-0.2, -0.15) is 0 Å². The van der Waals surface area contributed by atoms with Crippen LogP contribution in [-0.4, -0.2) is 9.86 Å². The molecule has 0 aromatic carbocycles. The largest absolute Gasteiger partial charge is 0.282 e. The van der Waals surface area contributed by atoms with E-state index in [1.54, 1.807) is 11.8 Å². The van der Waals surface area contributed by atoms with E-state index in [0.717, 1.165) is 0 Å². The fourth-order valence-corrected chi connectivity index (χ4v) is 4.42. The zero-order chi connectivity index (χ0) is 14.8.